The second kappa shape index (κ2) is 6.99. The van der Waals surface area contributed by atoms with Crippen LogP contribution in [0.25, 0.3) is 0 Å². The highest BCUT2D eigenvalue weighted by Gasteiger charge is 2.20. The predicted octanol–water partition coefficient (Wildman–Crippen LogP) is 1.11. The zero-order chi connectivity index (χ0) is 15.2. The minimum Gasteiger partial charge on any atom is -0.334 e. The number of aromatic nitrogens is 3. The fourth-order valence-corrected chi connectivity index (χ4v) is 2.13. The van der Waals surface area contributed by atoms with Gasteiger partial charge in [0.2, 0.25) is 0 Å². The fourth-order valence-electron chi connectivity index (χ4n) is 2.13. The minimum atomic E-state index is -0.0158. The number of rotatable bonds is 6. The number of nitrogens with two attached hydrogens (primary N) is 1. The van der Waals surface area contributed by atoms with Gasteiger partial charge in [-0.3, -0.25) is 14.5 Å². The molecule has 0 spiro atoms. The average molecular weight is 287 g/mol. The molecule has 0 bridgehead atoms. The summed E-state index contributed by atoms with van der Waals surface area (Å²) in [6, 6.07) is 3.84. The molecular formula is C15H21N5O. The van der Waals surface area contributed by atoms with Crippen LogP contribution >= 0.6 is 0 Å². The molecule has 0 aromatic carbocycles. The third-order valence-electron chi connectivity index (χ3n) is 3.48. The molecule has 6 heteroatoms. The first-order valence-corrected chi connectivity index (χ1v) is 7.00. The Balaban J connectivity index is 2.19. The lowest BCUT2D eigenvalue weighted by atomic mass is 10.2. The van der Waals surface area contributed by atoms with Gasteiger partial charge in [-0.2, -0.15) is 5.10 Å². The maximum absolute atomic E-state index is 12.7. The summed E-state index contributed by atoms with van der Waals surface area (Å²) in [6.45, 7) is 3.60. The molecule has 0 aliphatic rings. The van der Waals surface area contributed by atoms with Crippen LogP contribution in [-0.4, -0.2) is 38.7 Å². The maximum atomic E-state index is 12.7. The Labute approximate surface area is 124 Å². The van der Waals surface area contributed by atoms with Gasteiger partial charge in [0.05, 0.1) is 11.8 Å². The van der Waals surface area contributed by atoms with E-state index in [0.29, 0.717) is 25.2 Å². The summed E-state index contributed by atoms with van der Waals surface area (Å²) in [5.41, 5.74) is 8.08. The van der Waals surface area contributed by atoms with Gasteiger partial charge in [-0.25, -0.2) is 0 Å². The molecule has 2 rings (SSSR count). The second-order valence-corrected chi connectivity index (χ2v) is 5.00. The van der Waals surface area contributed by atoms with Crippen molar-refractivity contribution in [2.24, 2.45) is 12.8 Å². The SMILES string of the molecule is Cc1c(C(=O)N(CCCN)Cc2cccnc2)cnn1C. The normalized spacial score (nSPS) is 10.6. The number of pyridine rings is 1. The Morgan fingerprint density at radius 1 is 1.43 bits per heavy atom. The fraction of sp³-hybridized carbons (Fsp3) is 0.400. The van der Waals surface area contributed by atoms with Crippen molar-refractivity contribution in [1.82, 2.24) is 19.7 Å². The molecule has 21 heavy (non-hydrogen) atoms. The summed E-state index contributed by atoms with van der Waals surface area (Å²) in [5.74, 6) is -0.0158. The van der Waals surface area contributed by atoms with E-state index >= 15 is 0 Å². The highest BCUT2D eigenvalue weighted by molar-refractivity contribution is 5.95. The molecule has 2 N–H and O–H groups in total. The van der Waals surface area contributed by atoms with Gasteiger partial charge in [0.15, 0.2) is 0 Å². The number of aryl methyl sites for hydroxylation is 1. The average Bonchev–Trinajstić information content (AvgIpc) is 2.84. The number of carbonyl (C=O) groups excluding carboxylic acids is 1. The van der Waals surface area contributed by atoms with Gasteiger partial charge in [-0.05, 0) is 31.5 Å². The van der Waals surface area contributed by atoms with Crippen LogP contribution in [0.2, 0.25) is 0 Å². The lowest BCUT2D eigenvalue weighted by molar-refractivity contribution is 0.0741. The Morgan fingerprint density at radius 2 is 2.24 bits per heavy atom. The maximum Gasteiger partial charge on any atom is 0.257 e. The number of hydrogen-bond donors (Lipinski definition) is 1. The Kier molecular flexibility index (Phi) is 5.05. The smallest absolute Gasteiger partial charge is 0.257 e. The molecule has 2 aromatic rings. The van der Waals surface area contributed by atoms with Crippen molar-refractivity contribution >= 4 is 5.91 Å². The molecular weight excluding hydrogens is 266 g/mol. The molecule has 0 saturated heterocycles. The molecule has 0 saturated carbocycles. The van der Waals surface area contributed by atoms with Crippen molar-refractivity contribution in [2.75, 3.05) is 13.1 Å². The third kappa shape index (κ3) is 3.66. The van der Waals surface area contributed by atoms with E-state index in [-0.39, 0.29) is 5.91 Å². The Morgan fingerprint density at radius 3 is 2.81 bits per heavy atom. The molecule has 0 radical (unpaired) electrons. The summed E-state index contributed by atoms with van der Waals surface area (Å²) >= 11 is 0. The second-order valence-electron chi connectivity index (χ2n) is 5.00. The first-order chi connectivity index (χ1) is 10.1. The highest BCUT2D eigenvalue weighted by atomic mass is 16.2. The molecule has 2 heterocycles. The number of amides is 1. The highest BCUT2D eigenvalue weighted by Crippen LogP contribution is 2.13. The van der Waals surface area contributed by atoms with E-state index in [0.717, 1.165) is 17.7 Å². The van der Waals surface area contributed by atoms with Gasteiger partial charge in [-0.1, -0.05) is 6.07 Å². The monoisotopic (exact) mass is 287 g/mol. The summed E-state index contributed by atoms with van der Waals surface area (Å²) in [4.78, 5) is 18.6. The Bertz CT molecular complexity index is 593. The van der Waals surface area contributed by atoms with E-state index in [9.17, 15) is 4.79 Å². The van der Waals surface area contributed by atoms with Crippen LogP contribution in [0.5, 0.6) is 0 Å². The third-order valence-corrected chi connectivity index (χ3v) is 3.48. The zero-order valence-corrected chi connectivity index (χ0v) is 12.5. The molecule has 0 atom stereocenters. The van der Waals surface area contributed by atoms with Crippen molar-refractivity contribution in [3.63, 3.8) is 0 Å². The molecule has 112 valence electrons. The molecule has 0 unspecified atom stereocenters. The first-order valence-electron chi connectivity index (χ1n) is 7.00. The standard InChI is InChI=1S/C15H21N5O/c1-12-14(10-18-19(12)2)15(21)20(8-4-6-16)11-13-5-3-7-17-9-13/h3,5,7,9-10H,4,6,8,11,16H2,1-2H3. The van der Waals surface area contributed by atoms with Gasteiger partial charge in [0.25, 0.3) is 5.91 Å². The van der Waals surface area contributed by atoms with Gasteiger partial charge >= 0.3 is 0 Å². The van der Waals surface area contributed by atoms with Crippen molar-refractivity contribution in [3.05, 3.63) is 47.5 Å². The molecule has 6 nitrogen and oxygen atoms in total. The van der Waals surface area contributed by atoms with Crippen LogP contribution < -0.4 is 5.73 Å². The van der Waals surface area contributed by atoms with Gasteiger partial charge in [0.1, 0.15) is 0 Å². The predicted molar refractivity (Wildman–Crippen MR) is 80.6 cm³/mol. The molecule has 2 aromatic heterocycles. The van der Waals surface area contributed by atoms with Crippen LogP contribution in [0.15, 0.2) is 30.7 Å². The van der Waals surface area contributed by atoms with Crippen molar-refractivity contribution < 1.29 is 4.79 Å². The van der Waals surface area contributed by atoms with Crippen molar-refractivity contribution in [3.8, 4) is 0 Å². The summed E-state index contributed by atoms with van der Waals surface area (Å²) < 4.78 is 1.71. The topological polar surface area (TPSA) is 77.0 Å². The summed E-state index contributed by atoms with van der Waals surface area (Å²) in [5, 5.41) is 4.14. The number of nitrogens with zero attached hydrogens (tertiary/aromatic N) is 4. The lowest BCUT2D eigenvalue weighted by Crippen LogP contribution is -2.32. The lowest BCUT2D eigenvalue weighted by Gasteiger charge is -2.22. The van der Waals surface area contributed by atoms with Crippen molar-refractivity contribution in [1.29, 1.82) is 0 Å². The van der Waals surface area contributed by atoms with Gasteiger partial charge in [-0.15, -0.1) is 0 Å². The van der Waals surface area contributed by atoms with E-state index < -0.39 is 0 Å². The van der Waals surface area contributed by atoms with Crippen LogP contribution in [0.3, 0.4) is 0 Å². The molecule has 0 aliphatic heterocycles. The van der Waals surface area contributed by atoms with E-state index in [4.69, 9.17) is 5.73 Å². The van der Waals surface area contributed by atoms with Crippen LogP contribution in [0.4, 0.5) is 0 Å². The number of carbonyl (C=O) groups is 1. The Hall–Kier alpha value is -2.21. The van der Waals surface area contributed by atoms with E-state index in [2.05, 4.69) is 10.1 Å². The van der Waals surface area contributed by atoms with Gasteiger partial charge < -0.3 is 10.6 Å². The summed E-state index contributed by atoms with van der Waals surface area (Å²) in [6.07, 6.45) is 5.89. The number of hydrogen-bond acceptors (Lipinski definition) is 4. The van der Waals surface area contributed by atoms with E-state index in [1.807, 2.05) is 26.1 Å². The minimum absolute atomic E-state index is 0.0158. The van der Waals surface area contributed by atoms with E-state index in [1.165, 1.54) is 0 Å². The zero-order valence-electron chi connectivity index (χ0n) is 12.5. The molecule has 0 aliphatic carbocycles. The van der Waals surface area contributed by atoms with Crippen LogP contribution in [0.1, 0.15) is 28.0 Å². The van der Waals surface area contributed by atoms with Gasteiger partial charge in [0, 0.05) is 38.2 Å². The first kappa shape index (κ1) is 15.2. The van der Waals surface area contributed by atoms with Crippen LogP contribution in [0, 0.1) is 6.92 Å². The van der Waals surface area contributed by atoms with Crippen molar-refractivity contribution in [2.45, 2.75) is 19.9 Å². The largest absolute Gasteiger partial charge is 0.334 e. The van der Waals surface area contributed by atoms with E-state index in [1.54, 1.807) is 28.2 Å². The quantitative estimate of drug-likeness (QED) is 0.863. The molecule has 0 fully saturated rings. The molecule has 1 amide bonds. The summed E-state index contributed by atoms with van der Waals surface area (Å²) in [7, 11) is 1.83. The van der Waals surface area contributed by atoms with Crippen LogP contribution in [-0.2, 0) is 13.6 Å².